The maximum Gasteiger partial charge on any atom is 0.419 e. The maximum absolute atomic E-state index is 12.3. The summed E-state index contributed by atoms with van der Waals surface area (Å²) >= 11 is 0. The molecular formula is C20H33N3O7S. The highest BCUT2D eigenvalue weighted by atomic mass is 32.2. The van der Waals surface area contributed by atoms with E-state index in [1.165, 1.54) is 12.5 Å². The van der Waals surface area contributed by atoms with Crippen LogP contribution >= 0.6 is 0 Å². The highest BCUT2D eigenvalue weighted by Crippen LogP contribution is 2.34. The molecule has 0 aliphatic carbocycles. The molecule has 31 heavy (non-hydrogen) atoms. The van der Waals surface area contributed by atoms with Crippen molar-refractivity contribution in [2.45, 2.75) is 71.7 Å². The summed E-state index contributed by atoms with van der Waals surface area (Å²) < 4.78 is 41.0. The average Bonchev–Trinajstić information content (AvgIpc) is 3.06. The third kappa shape index (κ3) is 8.13. The SMILES string of the molecule is CC(C)(C)OC(=O)N1CCC(C(OS(C)(=O)=O)c2cn(C(=O)OC(C)(C)C)cn2)CC1. The molecule has 11 heteroatoms. The van der Waals surface area contributed by atoms with Crippen molar-refractivity contribution < 1.29 is 31.7 Å². The molecule has 176 valence electrons. The second-order valence-electron chi connectivity index (χ2n) is 9.71. The lowest BCUT2D eigenvalue weighted by atomic mass is 9.90. The van der Waals surface area contributed by atoms with Crippen molar-refractivity contribution in [2.75, 3.05) is 19.3 Å². The molecule has 10 nitrogen and oxygen atoms in total. The zero-order valence-corrected chi connectivity index (χ0v) is 20.1. The minimum absolute atomic E-state index is 0.213. The molecule has 1 aliphatic rings. The van der Waals surface area contributed by atoms with Crippen molar-refractivity contribution in [2.24, 2.45) is 5.92 Å². The normalized spacial score (nSPS) is 17.3. The predicted octanol–water partition coefficient (Wildman–Crippen LogP) is 3.33. The quantitative estimate of drug-likeness (QED) is 0.629. The van der Waals surface area contributed by atoms with E-state index in [1.54, 1.807) is 46.4 Å². The van der Waals surface area contributed by atoms with Gasteiger partial charge in [-0.1, -0.05) is 0 Å². The van der Waals surface area contributed by atoms with Crippen molar-refractivity contribution in [3.63, 3.8) is 0 Å². The zero-order chi connectivity index (χ0) is 23.6. The molecule has 1 unspecified atom stereocenters. The van der Waals surface area contributed by atoms with E-state index < -0.39 is 39.6 Å². The van der Waals surface area contributed by atoms with Crippen LogP contribution in [0.2, 0.25) is 0 Å². The molecule has 0 saturated carbocycles. The number of piperidine rings is 1. The number of rotatable bonds is 4. The predicted molar refractivity (Wildman–Crippen MR) is 113 cm³/mol. The molecule has 2 heterocycles. The third-order valence-electron chi connectivity index (χ3n) is 4.40. The molecule has 1 amide bonds. The van der Waals surface area contributed by atoms with Gasteiger partial charge in [-0.25, -0.2) is 19.1 Å². The van der Waals surface area contributed by atoms with E-state index in [1.807, 2.05) is 0 Å². The van der Waals surface area contributed by atoms with Gasteiger partial charge in [0, 0.05) is 19.3 Å². The molecule has 1 aromatic heterocycles. The van der Waals surface area contributed by atoms with Crippen LogP contribution in [0.15, 0.2) is 12.5 Å². The van der Waals surface area contributed by atoms with Gasteiger partial charge in [-0.05, 0) is 60.3 Å². The van der Waals surface area contributed by atoms with Crippen molar-refractivity contribution in [3.8, 4) is 0 Å². The Morgan fingerprint density at radius 1 is 1.03 bits per heavy atom. The number of nitrogens with zero attached hydrogens (tertiary/aromatic N) is 3. The van der Waals surface area contributed by atoms with Gasteiger partial charge < -0.3 is 14.4 Å². The fourth-order valence-corrected chi connectivity index (χ4v) is 3.80. The fraction of sp³-hybridized carbons (Fsp3) is 0.750. The molecule has 1 saturated heterocycles. The van der Waals surface area contributed by atoms with E-state index in [9.17, 15) is 18.0 Å². The van der Waals surface area contributed by atoms with Crippen LogP contribution in [0.5, 0.6) is 0 Å². The van der Waals surface area contributed by atoms with Crippen molar-refractivity contribution >= 4 is 22.3 Å². The summed E-state index contributed by atoms with van der Waals surface area (Å²) in [5.41, 5.74) is -0.963. The Morgan fingerprint density at radius 2 is 1.55 bits per heavy atom. The van der Waals surface area contributed by atoms with E-state index in [4.69, 9.17) is 13.7 Å². The van der Waals surface area contributed by atoms with Gasteiger partial charge in [-0.15, -0.1) is 0 Å². The summed E-state index contributed by atoms with van der Waals surface area (Å²) in [6.45, 7) is 11.4. The van der Waals surface area contributed by atoms with E-state index in [0.29, 0.717) is 31.6 Å². The fourth-order valence-electron chi connectivity index (χ4n) is 3.17. The summed E-state index contributed by atoms with van der Waals surface area (Å²) in [5, 5.41) is 0. The molecule has 1 aliphatic heterocycles. The van der Waals surface area contributed by atoms with Crippen LogP contribution in [0.25, 0.3) is 0 Å². The highest BCUT2D eigenvalue weighted by molar-refractivity contribution is 7.86. The minimum Gasteiger partial charge on any atom is -0.444 e. The van der Waals surface area contributed by atoms with Crippen LogP contribution in [0.4, 0.5) is 9.59 Å². The Kier molecular flexibility index (Phi) is 7.42. The second-order valence-corrected chi connectivity index (χ2v) is 11.3. The summed E-state index contributed by atoms with van der Waals surface area (Å²) in [6, 6.07) is 0. The molecular weight excluding hydrogens is 426 g/mol. The molecule has 0 radical (unpaired) electrons. The third-order valence-corrected chi connectivity index (χ3v) is 4.95. The number of hydrogen-bond acceptors (Lipinski definition) is 8. The van der Waals surface area contributed by atoms with Crippen molar-refractivity contribution in [1.82, 2.24) is 14.5 Å². The first-order chi connectivity index (χ1) is 14.0. The summed E-state index contributed by atoms with van der Waals surface area (Å²) in [5.74, 6) is -0.213. The van der Waals surface area contributed by atoms with Crippen LogP contribution in [0, 0.1) is 5.92 Å². The number of imidazole rings is 1. The Balaban J connectivity index is 2.14. The van der Waals surface area contributed by atoms with Gasteiger partial charge in [0.1, 0.15) is 23.6 Å². The lowest BCUT2D eigenvalue weighted by molar-refractivity contribution is 0.0107. The molecule has 0 bridgehead atoms. The summed E-state index contributed by atoms with van der Waals surface area (Å²) in [7, 11) is -3.79. The average molecular weight is 460 g/mol. The van der Waals surface area contributed by atoms with Crippen LogP contribution in [-0.4, -0.2) is 65.6 Å². The van der Waals surface area contributed by atoms with Gasteiger partial charge in [-0.3, -0.25) is 4.18 Å². The molecule has 1 fully saturated rings. The summed E-state index contributed by atoms with van der Waals surface area (Å²) in [6.07, 6.45) is 2.77. The van der Waals surface area contributed by atoms with Gasteiger partial charge in [-0.2, -0.15) is 8.42 Å². The first-order valence-corrected chi connectivity index (χ1v) is 12.0. The van der Waals surface area contributed by atoms with Crippen molar-refractivity contribution in [3.05, 3.63) is 18.2 Å². The maximum atomic E-state index is 12.3. The number of likely N-dealkylation sites (tertiary alicyclic amines) is 1. The van der Waals surface area contributed by atoms with E-state index in [2.05, 4.69) is 4.98 Å². The van der Waals surface area contributed by atoms with E-state index in [-0.39, 0.29) is 5.92 Å². The summed E-state index contributed by atoms with van der Waals surface area (Å²) in [4.78, 5) is 30.4. The van der Waals surface area contributed by atoms with Crippen LogP contribution in [-0.2, 0) is 23.8 Å². The molecule has 1 aromatic rings. The lowest BCUT2D eigenvalue weighted by Gasteiger charge is -2.35. The lowest BCUT2D eigenvalue weighted by Crippen LogP contribution is -2.43. The topological polar surface area (TPSA) is 117 Å². The standard InChI is InChI=1S/C20H33N3O7S/c1-19(2,3)28-17(24)22-10-8-14(9-11-22)16(30-31(7,26)27)15-12-23(13-21-15)18(25)29-20(4,5)6/h12-14,16H,8-11H2,1-7H3. The smallest absolute Gasteiger partial charge is 0.419 e. The highest BCUT2D eigenvalue weighted by Gasteiger charge is 2.35. The number of carbonyl (C=O) groups excluding carboxylic acids is 2. The molecule has 1 atom stereocenters. The van der Waals surface area contributed by atoms with Crippen molar-refractivity contribution in [1.29, 1.82) is 0 Å². The van der Waals surface area contributed by atoms with E-state index in [0.717, 1.165) is 10.8 Å². The van der Waals surface area contributed by atoms with Crippen LogP contribution < -0.4 is 0 Å². The second kappa shape index (κ2) is 9.15. The van der Waals surface area contributed by atoms with Gasteiger partial charge >= 0.3 is 12.2 Å². The number of hydrogen-bond donors (Lipinski definition) is 0. The monoisotopic (exact) mass is 459 g/mol. The number of aromatic nitrogens is 2. The Hall–Kier alpha value is -2.14. The minimum atomic E-state index is -3.79. The Morgan fingerprint density at radius 3 is 2.03 bits per heavy atom. The largest absolute Gasteiger partial charge is 0.444 e. The van der Waals surface area contributed by atoms with Crippen LogP contribution in [0.3, 0.4) is 0 Å². The van der Waals surface area contributed by atoms with Gasteiger partial charge in [0.2, 0.25) is 0 Å². The molecule has 0 aromatic carbocycles. The van der Waals surface area contributed by atoms with Gasteiger partial charge in [0.15, 0.2) is 0 Å². The van der Waals surface area contributed by atoms with Crippen LogP contribution in [0.1, 0.15) is 66.2 Å². The number of ether oxygens (including phenoxy) is 2. The zero-order valence-electron chi connectivity index (χ0n) is 19.2. The molecule has 0 N–H and O–H groups in total. The Labute approximate surface area is 184 Å². The van der Waals surface area contributed by atoms with Gasteiger partial charge in [0.05, 0.1) is 11.9 Å². The molecule has 2 rings (SSSR count). The first kappa shape index (κ1) is 25.1. The number of carbonyl (C=O) groups is 2. The van der Waals surface area contributed by atoms with E-state index >= 15 is 0 Å². The number of amides is 1. The van der Waals surface area contributed by atoms with Gasteiger partial charge in [0.25, 0.3) is 10.1 Å². The Bertz CT molecular complexity index is 889. The molecule has 0 spiro atoms. The first-order valence-electron chi connectivity index (χ1n) is 10.2.